The molecule has 0 fully saturated rings. The summed E-state index contributed by atoms with van der Waals surface area (Å²) in [5.41, 5.74) is 1.59. The van der Waals surface area contributed by atoms with E-state index in [2.05, 4.69) is 21.2 Å². The van der Waals surface area contributed by atoms with Gasteiger partial charge in [-0.2, -0.15) is 0 Å². The molecule has 3 aromatic rings. The van der Waals surface area contributed by atoms with E-state index >= 15 is 0 Å². The van der Waals surface area contributed by atoms with E-state index in [4.69, 9.17) is 23.2 Å². The molecule has 0 bridgehead atoms. The number of carbonyl (C=O) groups is 2. The number of benzene rings is 3. The Kier molecular flexibility index (Phi) is 10.0. The van der Waals surface area contributed by atoms with Crippen molar-refractivity contribution in [3.8, 4) is 0 Å². The highest BCUT2D eigenvalue weighted by atomic mass is 79.9. The zero-order valence-electron chi connectivity index (χ0n) is 20.2. The highest BCUT2D eigenvalue weighted by Crippen LogP contribution is 2.28. The van der Waals surface area contributed by atoms with Gasteiger partial charge in [0.25, 0.3) is 0 Å². The molecule has 7 nitrogen and oxygen atoms in total. The Morgan fingerprint density at radius 3 is 2.08 bits per heavy atom. The normalized spacial score (nSPS) is 12.0. The second-order valence-electron chi connectivity index (χ2n) is 8.29. The summed E-state index contributed by atoms with van der Waals surface area (Å²) in [6.45, 7) is -0.620. The molecule has 3 rings (SSSR count). The summed E-state index contributed by atoms with van der Waals surface area (Å²) >= 11 is 16.2. The van der Waals surface area contributed by atoms with E-state index < -0.39 is 34.4 Å². The average Bonchev–Trinajstić information content (AvgIpc) is 2.86. The number of hydrogen-bond acceptors (Lipinski definition) is 4. The summed E-state index contributed by atoms with van der Waals surface area (Å²) in [6.07, 6.45) is 1.23. The molecule has 1 N–H and O–H groups in total. The number of anilines is 1. The summed E-state index contributed by atoms with van der Waals surface area (Å²) < 4.78 is 27.2. The first-order valence-corrected chi connectivity index (χ1v) is 14.6. The first-order valence-electron chi connectivity index (χ1n) is 11.2. The first-order chi connectivity index (χ1) is 17.5. The van der Waals surface area contributed by atoms with E-state index in [0.29, 0.717) is 21.3 Å². The highest BCUT2D eigenvalue weighted by molar-refractivity contribution is 9.10. The third-order valence-electron chi connectivity index (χ3n) is 5.70. The van der Waals surface area contributed by atoms with Crippen LogP contribution in [-0.4, -0.2) is 51.0 Å². The molecule has 0 unspecified atom stereocenters. The number of sulfonamides is 1. The molecule has 0 aliphatic heterocycles. The van der Waals surface area contributed by atoms with Gasteiger partial charge < -0.3 is 10.2 Å². The summed E-state index contributed by atoms with van der Waals surface area (Å²) in [5.74, 6) is -0.996. The fraction of sp³-hybridized carbons (Fsp3) is 0.231. The van der Waals surface area contributed by atoms with Gasteiger partial charge in [-0.1, -0.05) is 75.5 Å². The summed E-state index contributed by atoms with van der Waals surface area (Å²) in [6, 6.07) is 19.8. The van der Waals surface area contributed by atoms with Crippen LogP contribution in [-0.2, 0) is 32.6 Å². The largest absolute Gasteiger partial charge is 0.357 e. The topological polar surface area (TPSA) is 86.8 Å². The molecule has 37 heavy (non-hydrogen) atoms. The maximum atomic E-state index is 13.9. The third kappa shape index (κ3) is 7.70. The van der Waals surface area contributed by atoms with E-state index in [0.717, 1.165) is 20.6 Å². The van der Waals surface area contributed by atoms with Gasteiger partial charge in [-0.25, -0.2) is 8.42 Å². The number of hydrogen-bond donors (Lipinski definition) is 1. The van der Waals surface area contributed by atoms with Gasteiger partial charge in [-0.05, 0) is 42.0 Å². The Labute approximate surface area is 235 Å². The number of nitrogens with zero attached hydrogens (tertiary/aromatic N) is 2. The third-order valence-corrected chi connectivity index (χ3v) is 8.08. The van der Waals surface area contributed by atoms with E-state index in [1.54, 1.807) is 42.5 Å². The second kappa shape index (κ2) is 12.8. The fourth-order valence-electron chi connectivity index (χ4n) is 3.80. The van der Waals surface area contributed by atoms with Crippen molar-refractivity contribution in [2.24, 2.45) is 0 Å². The van der Waals surface area contributed by atoms with E-state index in [1.165, 1.54) is 11.9 Å². The van der Waals surface area contributed by atoms with Crippen LogP contribution in [0.5, 0.6) is 0 Å². The molecule has 0 radical (unpaired) electrons. The molecule has 2 amide bonds. The maximum absolute atomic E-state index is 13.9. The molecule has 1 atom stereocenters. The number of rotatable bonds is 10. The van der Waals surface area contributed by atoms with Gasteiger partial charge in [0.1, 0.15) is 12.6 Å². The lowest BCUT2D eigenvalue weighted by Gasteiger charge is -2.33. The lowest BCUT2D eigenvalue weighted by atomic mass is 10.0. The van der Waals surface area contributed by atoms with Gasteiger partial charge in [0.15, 0.2) is 0 Å². The first kappa shape index (κ1) is 29.0. The van der Waals surface area contributed by atoms with Crippen molar-refractivity contribution in [3.63, 3.8) is 0 Å². The van der Waals surface area contributed by atoms with Crippen LogP contribution in [0.1, 0.15) is 11.1 Å². The molecule has 0 aliphatic rings. The number of amides is 2. The standard InChI is InChI=1S/C26H26BrCl2N3O4S/c1-30-26(34)24(15-18-7-4-3-5-8-18)31(16-21-22(28)9-6-10-23(21)29)25(33)17-32(37(2,35)36)20-13-11-19(27)12-14-20/h3-14,24H,15-17H2,1-2H3,(H,30,34)/t24-/m1/s1. The predicted octanol–water partition coefficient (Wildman–Crippen LogP) is 4.91. The van der Waals surface area contributed by atoms with Crippen LogP contribution in [0, 0.1) is 0 Å². The lowest BCUT2D eigenvalue weighted by Crippen LogP contribution is -2.53. The second-order valence-corrected chi connectivity index (χ2v) is 11.9. The Morgan fingerprint density at radius 1 is 0.946 bits per heavy atom. The van der Waals surface area contributed by atoms with Crippen LogP contribution >= 0.6 is 39.1 Å². The minimum Gasteiger partial charge on any atom is -0.357 e. The minimum absolute atomic E-state index is 0.0970. The van der Waals surface area contributed by atoms with Crippen LogP contribution in [0.4, 0.5) is 5.69 Å². The van der Waals surface area contributed by atoms with Crippen LogP contribution in [0.2, 0.25) is 10.0 Å². The van der Waals surface area contributed by atoms with Crippen molar-refractivity contribution in [1.29, 1.82) is 0 Å². The monoisotopic (exact) mass is 625 g/mol. The minimum atomic E-state index is -3.84. The fourth-order valence-corrected chi connectivity index (χ4v) is 5.43. The summed E-state index contributed by atoms with van der Waals surface area (Å²) in [5, 5.41) is 3.28. The highest BCUT2D eigenvalue weighted by Gasteiger charge is 2.33. The quantitative estimate of drug-likeness (QED) is 0.347. The molecule has 3 aromatic carbocycles. The zero-order valence-corrected chi connectivity index (χ0v) is 24.1. The summed E-state index contributed by atoms with van der Waals surface area (Å²) in [4.78, 5) is 28.3. The number of likely N-dealkylation sites (N-methyl/N-ethyl adjacent to an activating group) is 1. The zero-order chi connectivity index (χ0) is 27.2. The SMILES string of the molecule is CNC(=O)[C@@H](Cc1ccccc1)N(Cc1c(Cl)cccc1Cl)C(=O)CN(c1ccc(Br)cc1)S(C)(=O)=O. The molecule has 11 heteroatoms. The number of carbonyl (C=O) groups excluding carboxylic acids is 2. The van der Waals surface area contributed by atoms with E-state index in [1.807, 2.05) is 30.3 Å². The van der Waals surface area contributed by atoms with Crippen LogP contribution in [0.15, 0.2) is 77.3 Å². The Balaban J connectivity index is 2.06. The molecule has 0 spiro atoms. The Bertz CT molecular complexity index is 1340. The van der Waals surface area contributed by atoms with Gasteiger partial charge in [0, 0.05) is 40.1 Å². The van der Waals surface area contributed by atoms with Crippen molar-refractivity contribution in [2.75, 3.05) is 24.2 Å². The number of nitrogens with one attached hydrogen (secondary N) is 1. The molecule has 0 heterocycles. The van der Waals surface area contributed by atoms with Crippen LogP contribution in [0.3, 0.4) is 0 Å². The molecular formula is C26H26BrCl2N3O4S. The van der Waals surface area contributed by atoms with E-state index in [-0.39, 0.29) is 13.0 Å². The molecule has 0 aliphatic carbocycles. The van der Waals surface area contributed by atoms with Crippen molar-refractivity contribution >= 4 is 66.7 Å². The molecule has 196 valence electrons. The van der Waals surface area contributed by atoms with Crippen LogP contribution in [0.25, 0.3) is 0 Å². The number of halogens is 3. The average molecular weight is 627 g/mol. The van der Waals surface area contributed by atoms with Gasteiger partial charge in [-0.3, -0.25) is 13.9 Å². The summed E-state index contributed by atoms with van der Waals surface area (Å²) in [7, 11) is -2.36. The van der Waals surface area contributed by atoms with Crippen molar-refractivity contribution < 1.29 is 18.0 Å². The molecule has 0 saturated heterocycles. The molecule has 0 saturated carbocycles. The van der Waals surface area contributed by atoms with Crippen molar-refractivity contribution in [3.05, 3.63) is 98.4 Å². The lowest BCUT2D eigenvalue weighted by molar-refractivity contribution is -0.139. The Morgan fingerprint density at radius 2 is 1.54 bits per heavy atom. The van der Waals surface area contributed by atoms with Gasteiger partial charge in [0.05, 0.1) is 11.9 Å². The maximum Gasteiger partial charge on any atom is 0.244 e. The van der Waals surface area contributed by atoms with Crippen molar-refractivity contribution in [1.82, 2.24) is 10.2 Å². The van der Waals surface area contributed by atoms with Crippen LogP contribution < -0.4 is 9.62 Å². The Hall–Kier alpha value is -2.59. The van der Waals surface area contributed by atoms with Gasteiger partial charge >= 0.3 is 0 Å². The van der Waals surface area contributed by atoms with Gasteiger partial charge in [0.2, 0.25) is 21.8 Å². The molecule has 0 aromatic heterocycles. The molecular weight excluding hydrogens is 601 g/mol. The van der Waals surface area contributed by atoms with Crippen molar-refractivity contribution in [2.45, 2.75) is 19.0 Å². The predicted molar refractivity (Wildman–Crippen MR) is 151 cm³/mol. The van der Waals surface area contributed by atoms with E-state index in [9.17, 15) is 18.0 Å². The van der Waals surface area contributed by atoms with Gasteiger partial charge in [-0.15, -0.1) is 0 Å². The smallest absolute Gasteiger partial charge is 0.244 e.